The van der Waals surface area contributed by atoms with E-state index < -0.39 is 11.5 Å². The number of benzene rings is 2. The third-order valence-electron chi connectivity index (χ3n) is 5.32. The average Bonchev–Trinajstić information content (AvgIpc) is 2.84. The fourth-order valence-electron chi connectivity index (χ4n) is 3.68. The maximum Gasteiger partial charge on any atom is 0.267 e. The first-order valence-corrected chi connectivity index (χ1v) is 11.3. The lowest BCUT2D eigenvalue weighted by molar-refractivity contribution is 0.1000. The first-order valence-electron chi connectivity index (χ1n) is 10.6. The van der Waals surface area contributed by atoms with Crippen LogP contribution in [-0.2, 0) is 6.42 Å². The second-order valence-corrected chi connectivity index (χ2v) is 8.48. The number of nitrogens with one attached hydrogen (secondary N) is 1. The molecule has 4 aromatic rings. The zero-order valence-corrected chi connectivity index (χ0v) is 20.1. The fourth-order valence-corrected chi connectivity index (χ4v) is 4.11. The van der Waals surface area contributed by atoms with Gasteiger partial charge in [0.25, 0.3) is 5.56 Å². The summed E-state index contributed by atoms with van der Waals surface area (Å²) in [7, 11) is 0. The molecule has 0 saturated carbocycles. The van der Waals surface area contributed by atoms with Crippen LogP contribution in [0.1, 0.15) is 28.2 Å². The molecule has 182 valence electrons. The largest absolute Gasteiger partial charge is 0.382 e. The van der Waals surface area contributed by atoms with Crippen LogP contribution in [0.4, 0.5) is 17.6 Å². The molecule has 0 saturated heterocycles. The van der Waals surface area contributed by atoms with Crippen LogP contribution in [0.3, 0.4) is 0 Å². The number of carbonyl (C=O) groups is 1. The highest BCUT2D eigenvalue weighted by molar-refractivity contribution is 6.39. The van der Waals surface area contributed by atoms with Crippen LogP contribution < -0.4 is 28.1 Å². The Bertz CT molecular complexity index is 1610. The van der Waals surface area contributed by atoms with E-state index in [-0.39, 0.29) is 49.7 Å². The molecule has 0 aliphatic carbocycles. The van der Waals surface area contributed by atoms with Gasteiger partial charge in [-0.2, -0.15) is 15.2 Å². The van der Waals surface area contributed by atoms with Crippen molar-refractivity contribution in [3.63, 3.8) is 0 Å². The van der Waals surface area contributed by atoms with Crippen molar-refractivity contribution in [1.82, 2.24) is 19.5 Å². The number of hydrogen-bond acceptors (Lipinski definition) is 9. The summed E-state index contributed by atoms with van der Waals surface area (Å²) in [6, 6.07) is 11.4. The number of primary amides is 1. The molecule has 1 amide bonds. The Hall–Kier alpha value is -4.40. The van der Waals surface area contributed by atoms with Gasteiger partial charge >= 0.3 is 0 Å². The summed E-state index contributed by atoms with van der Waals surface area (Å²) in [5.41, 5.74) is 17.3. The predicted molar refractivity (Wildman–Crippen MR) is 138 cm³/mol. The number of amides is 1. The molecule has 0 radical (unpaired) electrons. The predicted octanol–water partition coefficient (Wildman–Crippen LogP) is 2.66. The smallest absolute Gasteiger partial charge is 0.267 e. The number of carbonyl (C=O) groups excluding carboxylic acids is 1. The Kier molecular flexibility index (Phi) is 6.91. The first kappa shape index (κ1) is 24.7. The minimum Gasteiger partial charge on any atom is -0.382 e. The van der Waals surface area contributed by atoms with Crippen molar-refractivity contribution in [3.05, 3.63) is 73.7 Å². The maximum atomic E-state index is 13.6. The lowest BCUT2D eigenvalue weighted by Gasteiger charge is -2.16. The molecule has 0 aliphatic rings. The second-order valence-electron chi connectivity index (χ2n) is 7.67. The zero-order chi connectivity index (χ0) is 26.0. The number of halogens is 2. The minimum atomic E-state index is -0.637. The molecule has 13 heteroatoms. The summed E-state index contributed by atoms with van der Waals surface area (Å²) in [6.07, 6.45) is 0.764. The molecule has 0 unspecified atom stereocenters. The number of aromatic nitrogens is 4. The average molecular weight is 524 g/mol. The molecule has 2 aromatic heterocycles. The van der Waals surface area contributed by atoms with Crippen molar-refractivity contribution >= 4 is 57.6 Å². The first-order chi connectivity index (χ1) is 17.2. The number of nitrogen functional groups attached to an aromatic ring is 2. The Morgan fingerprint density at radius 1 is 1.11 bits per heavy atom. The topological polar surface area (TPSA) is 192 Å². The monoisotopic (exact) mass is 523 g/mol. The molecule has 0 bridgehead atoms. The standard InChI is InChI=1S/C23H19Cl2N9O2/c24-14-6-7-15(25)18-17(14)22(36)34(12-4-1-3-11(9-12)20(28)35)16(31-18)5-2-8-30-21-13(10-26)19(27)32-23(29)33-21/h1,3-4,6-7,9H,2,5,8H2,(H2,28,35)(H5,27,29,30,32,33). The van der Waals surface area contributed by atoms with E-state index in [0.717, 1.165) is 0 Å². The fraction of sp³-hybridized carbons (Fsp3) is 0.130. The van der Waals surface area contributed by atoms with Crippen molar-refractivity contribution in [3.8, 4) is 11.8 Å². The second kappa shape index (κ2) is 10.1. The van der Waals surface area contributed by atoms with Crippen LogP contribution in [-0.4, -0.2) is 32.0 Å². The molecule has 0 aliphatic heterocycles. The molecular formula is C23H19Cl2N9O2. The van der Waals surface area contributed by atoms with Gasteiger partial charge in [-0.05, 0) is 36.8 Å². The molecule has 7 N–H and O–H groups in total. The number of aryl methyl sites for hydroxylation is 1. The molecule has 4 rings (SSSR count). The molecule has 2 heterocycles. The van der Waals surface area contributed by atoms with E-state index in [1.165, 1.54) is 16.7 Å². The maximum absolute atomic E-state index is 13.6. The van der Waals surface area contributed by atoms with Gasteiger partial charge in [0, 0.05) is 18.5 Å². The number of nitrogens with two attached hydrogens (primary N) is 3. The van der Waals surface area contributed by atoms with E-state index >= 15 is 0 Å². The number of nitriles is 1. The van der Waals surface area contributed by atoms with Crippen molar-refractivity contribution in [2.45, 2.75) is 12.8 Å². The lowest BCUT2D eigenvalue weighted by atomic mass is 10.1. The van der Waals surface area contributed by atoms with Crippen LogP contribution in [0.15, 0.2) is 41.2 Å². The van der Waals surface area contributed by atoms with E-state index in [1.54, 1.807) is 24.3 Å². The van der Waals surface area contributed by atoms with E-state index in [4.69, 9.17) is 40.4 Å². The lowest BCUT2D eigenvalue weighted by Crippen LogP contribution is -2.25. The Labute approximate surface area is 214 Å². The van der Waals surface area contributed by atoms with Gasteiger partial charge in [0.15, 0.2) is 5.82 Å². The normalized spacial score (nSPS) is 10.8. The van der Waals surface area contributed by atoms with Gasteiger partial charge in [-0.3, -0.25) is 14.2 Å². The van der Waals surface area contributed by atoms with Crippen LogP contribution >= 0.6 is 23.2 Å². The quantitative estimate of drug-likeness (QED) is 0.263. The highest BCUT2D eigenvalue weighted by atomic mass is 35.5. The van der Waals surface area contributed by atoms with Crippen LogP contribution in [0.25, 0.3) is 16.6 Å². The van der Waals surface area contributed by atoms with E-state index in [1.807, 2.05) is 6.07 Å². The van der Waals surface area contributed by atoms with Gasteiger partial charge in [-0.1, -0.05) is 29.3 Å². The molecule has 2 aromatic carbocycles. The number of hydrogen-bond donors (Lipinski definition) is 4. The summed E-state index contributed by atoms with van der Waals surface area (Å²) in [5.74, 6) is -0.155. The van der Waals surface area contributed by atoms with Gasteiger partial charge in [0.1, 0.15) is 23.3 Å². The SMILES string of the molecule is N#Cc1c(N)nc(N)nc1NCCCc1nc2c(Cl)ccc(Cl)c2c(=O)n1-c1cccc(C(N)=O)c1. The van der Waals surface area contributed by atoms with Gasteiger partial charge in [0.2, 0.25) is 11.9 Å². The summed E-state index contributed by atoms with van der Waals surface area (Å²) >= 11 is 12.7. The number of anilines is 3. The highest BCUT2D eigenvalue weighted by Gasteiger charge is 2.18. The summed E-state index contributed by atoms with van der Waals surface area (Å²) < 4.78 is 1.37. The zero-order valence-electron chi connectivity index (χ0n) is 18.6. The van der Waals surface area contributed by atoms with Crippen molar-refractivity contribution in [1.29, 1.82) is 5.26 Å². The Morgan fingerprint density at radius 3 is 2.58 bits per heavy atom. The third kappa shape index (κ3) is 4.72. The Balaban J connectivity index is 1.73. The Morgan fingerprint density at radius 2 is 1.86 bits per heavy atom. The number of rotatable bonds is 7. The van der Waals surface area contributed by atoms with Gasteiger partial charge in [0.05, 0.1) is 26.6 Å². The summed E-state index contributed by atoms with van der Waals surface area (Å²) in [4.78, 5) is 37.8. The van der Waals surface area contributed by atoms with E-state index in [2.05, 4.69) is 20.3 Å². The summed E-state index contributed by atoms with van der Waals surface area (Å²) in [5, 5.41) is 13.0. The van der Waals surface area contributed by atoms with Crippen molar-refractivity contribution < 1.29 is 4.79 Å². The molecule has 11 nitrogen and oxygen atoms in total. The number of nitrogens with zero attached hydrogens (tertiary/aromatic N) is 5. The van der Waals surface area contributed by atoms with Crippen LogP contribution in [0, 0.1) is 11.3 Å². The van der Waals surface area contributed by atoms with Crippen molar-refractivity contribution in [2.75, 3.05) is 23.3 Å². The molecule has 0 atom stereocenters. The summed E-state index contributed by atoms with van der Waals surface area (Å²) in [6.45, 7) is 0.336. The molecule has 36 heavy (non-hydrogen) atoms. The molecule has 0 fully saturated rings. The van der Waals surface area contributed by atoms with Crippen LogP contribution in [0.2, 0.25) is 10.0 Å². The van der Waals surface area contributed by atoms with E-state index in [9.17, 15) is 14.9 Å². The third-order valence-corrected chi connectivity index (χ3v) is 5.94. The number of fused-ring (bicyclic) bond motifs is 1. The minimum absolute atomic E-state index is 0.0293. The molecular weight excluding hydrogens is 505 g/mol. The van der Waals surface area contributed by atoms with Crippen LogP contribution in [0.5, 0.6) is 0 Å². The van der Waals surface area contributed by atoms with Gasteiger partial charge in [-0.15, -0.1) is 0 Å². The van der Waals surface area contributed by atoms with Crippen molar-refractivity contribution in [2.24, 2.45) is 5.73 Å². The van der Waals surface area contributed by atoms with E-state index in [0.29, 0.717) is 30.9 Å². The van der Waals surface area contributed by atoms with Gasteiger partial charge < -0.3 is 22.5 Å². The molecule has 0 spiro atoms. The highest BCUT2D eigenvalue weighted by Crippen LogP contribution is 2.27. The van der Waals surface area contributed by atoms with Gasteiger partial charge in [-0.25, -0.2) is 4.98 Å².